The molecular weight excluding hydrogens is 231 g/mol. The van der Waals surface area contributed by atoms with E-state index >= 15 is 0 Å². The zero-order valence-electron chi connectivity index (χ0n) is 7.55. The first kappa shape index (κ1) is 12.3. The van der Waals surface area contributed by atoms with Gasteiger partial charge in [-0.05, 0) is 12.1 Å². The van der Waals surface area contributed by atoms with E-state index in [-0.39, 0.29) is 5.02 Å². The molecule has 0 heterocycles. The highest BCUT2D eigenvalue weighted by molar-refractivity contribution is 6.31. The van der Waals surface area contributed by atoms with Gasteiger partial charge in [0.1, 0.15) is 18.5 Å². The zero-order chi connectivity index (χ0) is 11.6. The minimum absolute atomic E-state index is 0.185. The number of alkyl halides is 2. The van der Waals surface area contributed by atoms with Gasteiger partial charge in [0.2, 0.25) is 0 Å². The molecule has 0 saturated carbocycles. The van der Waals surface area contributed by atoms with Crippen LogP contribution in [-0.2, 0) is 0 Å². The molecule has 0 bridgehead atoms. The molecule has 15 heavy (non-hydrogen) atoms. The number of aliphatic hydroxyl groups excluding tert-OH is 1. The van der Waals surface area contributed by atoms with Crippen molar-refractivity contribution in [2.45, 2.75) is 12.0 Å². The van der Waals surface area contributed by atoms with Crippen LogP contribution in [0.15, 0.2) is 18.2 Å². The second-order valence-electron chi connectivity index (χ2n) is 3.03. The minimum atomic E-state index is -3.61. The highest BCUT2D eigenvalue weighted by Crippen LogP contribution is 2.34. The van der Waals surface area contributed by atoms with Gasteiger partial charge < -0.3 is 10.8 Å². The lowest BCUT2D eigenvalue weighted by Gasteiger charge is -2.22. The molecule has 0 aliphatic carbocycles. The van der Waals surface area contributed by atoms with Crippen molar-refractivity contribution in [1.82, 2.24) is 0 Å². The van der Waals surface area contributed by atoms with E-state index in [0.717, 1.165) is 6.07 Å². The first-order chi connectivity index (χ1) is 6.90. The molecule has 0 radical (unpaired) electrons. The Balaban J connectivity index is 3.16. The van der Waals surface area contributed by atoms with Gasteiger partial charge in [-0.3, -0.25) is 0 Å². The first-order valence-corrected chi connectivity index (χ1v) is 4.46. The lowest BCUT2D eigenvalue weighted by molar-refractivity contribution is -0.0718. The summed E-state index contributed by atoms with van der Waals surface area (Å²) in [5, 5.41) is 8.23. The van der Waals surface area contributed by atoms with Gasteiger partial charge in [0.15, 0.2) is 0 Å². The van der Waals surface area contributed by atoms with Gasteiger partial charge >= 0.3 is 0 Å². The van der Waals surface area contributed by atoms with Crippen LogP contribution in [0.5, 0.6) is 0 Å². The Morgan fingerprint density at radius 2 is 2.07 bits per heavy atom. The smallest absolute Gasteiger partial charge is 0.289 e. The topological polar surface area (TPSA) is 46.2 Å². The molecule has 0 aliphatic heterocycles. The van der Waals surface area contributed by atoms with Crippen LogP contribution in [0.2, 0.25) is 5.02 Å². The van der Waals surface area contributed by atoms with Crippen LogP contribution in [0, 0.1) is 5.82 Å². The van der Waals surface area contributed by atoms with Crippen molar-refractivity contribution in [3.63, 3.8) is 0 Å². The summed E-state index contributed by atoms with van der Waals surface area (Å²) in [6.07, 6.45) is 0. The third-order valence-electron chi connectivity index (χ3n) is 1.98. The molecule has 0 aliphatic rings. The summed E-state index contributed by atoms with van der Waals surface area (Å²) >= 11 is 5.55. The molecule has 1 aromatic carbocycles. The van der Waals surface area contributed by atoms with Crippen molar-refractivity contribution in [1.29, 1.82) is 0 Å². The van der Waals surface area contributed by atoms with Gasteiger partial charge in [-0.25, -0.2) is 13.2 Å². The van der Waals surface area contributed by atoms with Crippen LogP contribution < -0.4 is 5.73 Å². The van der Waals surface area contributed by atoms with E-state index < -0.39 is 30.0 Å². The number of benzene rings is 1. The second-order valence-corrected chi connectivity index (χ2v) is 3.44. The van der Waals surface area contributed by atoms with Crippen LogP contribution >= 0.6 is 11.6 Å². The molecule has 0 spiro atoms. The fourth-order valence-electron chi connectivity index (χ4n) is 1.12. The zero-order valence-corrected chi connectivity index (χ0v) is 8.31. The standard InChI is InChI=1S/C9H9ClF3NO/c10-5-2-1-3-6(11)7(5)8(14)9(12,13)4-15/h1-3,8,15H,4,14H2/t8-/m0/s1. The average molecular weight is 240 g/mol. The second kappa shape index (κ2) is 4.38. The average Bonchev–Trinajstić information content (AvgIpc) is 2.17. The Bertz CT molecular complexity index is 339. The molecule has 1 atom stereocenters. The van der Waals surface area contributed by atoms with Gasteiger partial charge in [0.25, 0.3) is 5.92 Å². The fourth-order valence-corrected chi connectivity index (χ4v) is 1.40. The molecule has 1 rings (SSSR count). The third-order valence-corrected chi connectivity index (χ3v) is 2.31. The monoisotopic (exact) mass is 239 g/mol. The molecular formula is C9H9ClF3NO. The van der Waals surface area contributed by atoms with Crippen molar-refractivity contribution in [2.75, 3.05) is 6.61 Å². The Morgan fingerprint density at radius 3 is 2.53 bits per heavy atom. The molecule has 0 unspecified atom stereocenters. The molecule has 1 aromatic rings. The molecule has 0 aromatic heterocycles. The summed E-state index contributed by atoms with van der Waals surface area (Å²) in [7, 11) is 0. The minimum Gasteiger partial charge on any atom is -0.390 e. The molecule has 0 saturated heterocycles. The van der Waals surface area contributed by atoms with Gasteiger partial charge in [-0.1, -0.05) is 17.7 Å². The Labute approximate surface area is 89.5 Å². The van der Waals surface area contributed by atoms with Crippen molar-refractivity contribution in [3.05, 3.63) is 34.6 Å². The van der Waals surface area contributed by atoms with Crippen molar-refractivity contribution in [3.8, 4) is 0 Å². The fraction of sp³-hybridized carbons (Fsp3) is 0.333. The molecule has 6 heteroatoms. The Morgan fingerprint density at radius 1 is 1.47 bits per heavy atom. The molecule has 3 N–H and O–H groups in total. The van der Waals surface area contributed by atoms with Gasteiger partial charge in [0.05, 0.1) is 0 Å². The van der Waals surface area contributed by atoms with Crippen LogP contribution in [0.3, 0.4) is 0 Å². The van der Waals surface area contributed by atoms with Gasteiger partial charge in [-0.2, -0.15) is 0 Å². The highest BCUT2D eigenvalue weighted by atomic mass is 35.5. The van der Waals surface area contributed by atoms with Crippen molar-refractivity contribution >= 4 is 11.6 Å². The molecule has 2 nitrogen and oxygen atoms in total. The molecule has 84 valence electrons. The van der Waals surface area contributed by atoms with Crippen LogP contribution in [0.1, 0.15) is 11.6 Å². The van der Waals surface area contributed by atoms with E-state index in [0.29, 0.717) is 0 Å². The number of hydrogen-bond donors (Lipinski definition) is 2. The van der Waals surface area contributed by atoms with Crippen molar-refractivity contribution in [2.24, 2.45) is 5.73 Å². The number of halogens is 4. The summed E-state index contributed by atoms with van der Waals surface area (Å²) in [4.78, 5) is 0. The summed E-state index contributed by atoms with van der Waals surface area (Å²) in [5.74, 6) is -4.52. The first-order valence-electron chi connectivity index (χ1n) is 4.08. The predicted octanol–water partition coefficient (Wildman–Crippen LogP) is 2.11. The normalized spacial score (nSPS) is 14.0. The lowest BCUT2D eigenvalue weighted by Crippen LogP contribution is -2.37. The van der Waals surface area contributed by atoms with Crippen molar-refractivity contribution < 1.29 is 18.3 Å². The number of nitrogens with two attached hydrogens (primary N) is 1. The Hall–Kier alpha value is -0.780. The molecule has 0 amide bonds. The lowest BCUT2D eigenvalue weighted by atomic mass is 10.0. The van der Waals surface area contributed by atoms with E-state index in [4.69, 9.17) is 22.4 Å². The van der Waals surface area contributed by atoms with Gasteiger partial charge in [0, 0.05) is 10.6 Å². The Kier molecular flexibility index (Phi) is 3.59. The van der Waals surface area contributed by atoms with E-state index in [1.807, 2.05) is 0 Å². The maximum absolute atomic E-state index is 13.2. The predicted molar refractivity (Wildman–Crippen MR) is 50.4 cm³/mol. The number of aliphatic hydroxyl groups is 1. The maximum atomic E-state index is 13.2. The summed E-state index contributed by atoms with van der Waals surface area (Å²) in [5.41, 5.74) is 4.66. The molecule has 0 fully saturated rings. The summed E-state index contributed by atoms with van der Waals surface area (Å²) in [6.45, 7) is -1.46. The van der Waals surface area contributed by atoms with E-state index in [2.05, 4.69) is 0 Å². The van der Waals surface area contributed by atoms with E-state index in [1.165, 1.54) is 12.1 Å². The quantitative estimate of drug-likeness (QED) is 0.849. The summed E-state index contributed by atoms with van der Waals surface area (Å²) < 4.78 is 39.2. The largest absolute Gasteiger partial charge is 0.390 e. The van der Waals surface area contributed by atoms with E-state index in [1.54, 1.807) is 0 Å². The van der Waals surface area contributed by atoms with E-state index in [9.17, 15) is 13.2 Å². The number of hydrogen-bond acceptors (Lipinski definition) is 2. The summed E-state index contributed by atoms with van der Waals surface area (Å²) in [6, 6.07) is 1.56. The SMILES string of the molecule is N[C@@H](c1c(F)cccc1Cl)C(F)(F)CO. The van der Waals surface area contributed by atoms with Crippen LogP contribution in [0.4, 0.5) is 13.2 Å². The van der Waals surface area contributed by atoms with Crippen LogP contribution in [-0.4, -0.2) is 17.6 Å². The van der Waals surface area contributed by atoms with Gasteiger partial charge in [-0.15, -0.1) is 0 Å². The van der Waals surface area contributed by atoms with Crippen LogP contribution in [0.25, 0.3) is 0 Å². The maximum Gasteiger partial charge on any atom is 0.289 e. The highest BCUT2D eigenvalue weighted by Gasteiger charge is 2.39. The number of rotatable bonds is 3. The third kappa shape index (κ3) is 2.42.